The zero-order chi connectivity index (χ0) is 12.3. The summed E-state index contributed by atoms with van der Waals surface area (Å²) in [6, 6.07) is 5.52. The maximum Gasteiger partial charge on any atom is 0.227 e. The molecule has 2 rings (SSSR count). The number of hydrogen-bond acceptors (Lipinski definition) is 2. The summed E-state index contributed by atoms with van der Waals surface area (Å²) >= 11 is 5.88. The maximum atomic E-state index is 12.0. The zero-order valence-electron chi connectivity index (χ0n) is 10.3. The largest absolute Gasteiger partial charge is 0.326 e. The van der Waals surface area contributed by atoms with Crippen LogP contribution in [0.15, 0.2) is 18.2 Å². The molecule has 1 aliphatic rings. The van der Waals surface area contributed by atoms with Crippen LogP contribution in [-0.2, 0) is 4.79 Å². The van der Waals surface area contributed by atoms with Crippen LogP contribution < -0.4 is 10.6 Å². The fourth-order valence-electron chi connectivity index (χ4n) is 2.09. The molecular formula is C13H18Cl2N2O. The van der Waals surface area contributed by atoms with Gasteiger partial charge in [-0.2, -0.15) is 0 Å². The molecule has 5 heteroatoms. The average molecular weight is 289 g/mol. The Kier molecular flexibility index (Phi) is 5.93. The van der Waals surface area contributed by atoms with Gasteiger partial charge in [0.2, 0.25) is 5.91 Å². The van der Waals surface area contributed by atoms with Crippen LogP contribution in [0, 0.1) is 12.8 Å². The molecule has 0 atom stereocenters. The second-order valence-corrected chi connectivity index (χ2v) is 4.91. The molecule has 0 spiro atoms. The molecule has 1 heterocycles. The van der Waals surface area contributed by atoms with Crippen molar-refractivity contribution in [1.82, 2.24) is 5.32 Å². The minimum Gasteiger partial charge on any atom is -0.326 e. The summed E-state index contributed by atoms with van der Waals surface area (Å²) in [5, 5.41) is 6.93. The van der Waals surface area contributed by atoms with E-state index in [1.165, 1.54) is 0 Å². The first kappa shape index (κ1) is 15.3. The number of benzene rings is 1. The van der Waals surface area contributed by atoms with Gasteiger partial charge in [0, 0.05) is 16.6 Å². The second kappa shape index (κ2) is 6.98. The van der Waals surface area contributed by atoms with Crippen molar-refractivity contribution in [3.8, 4) is 0 Å². The van der Waals surface area contributed by atoms with Crippen molar-refractivity contribution in [2.24, 2.45) is 5.92 Å². The monoisotopic (exact) mass is 288 g/mol. The van der Waals surface area contributed by atoms with Gasteiger partial charge in [0.1, 0.15) is 0 Å². The standard InChI is InChI=1S/C13H17ClN2O.ClH/c1-9-8-11(14)2-3-12(9)16-13(17)10-4-6-15-7-5-10;/h2-3,8,10,15H,4-7H2,1H3,(H,16,17);1H. The Hall–Kier alpha value is -0.770. The molecule has 0 radical (unpaired) electrons. The first-order valence-corrected chi connectivity index (χ1v) is 6.32. The van der Waals surface area contributed by atoms with E-state index in [-0.39, 0.29) is 24.2 Å². The van der Waals surface area contributed by atoms with Crippen LogP contribution in [0.1, 0.15) is 18.4 Å². The molecule has 100 valence electrons. The topological polar surface area (TPSA) is 41.1 Å². The molecule has 1 amide bonds. The van der Waals surface area contributed by atoms with Crippen LogP contribution >= 0.6 is 24.0 Å². The van der Waals surface area contributed by atoms with Crippen LogP contribution in [0.2, 0.25) is 5.02 Å². The van der Waals surface area contributed by atoms with Crippen molar-refractivity contribution in [1.29, 1.82) is 0 Å². The lowest BCUT2D eigenvalue weighted by Crippen LogP contribution is -2.34. The third kappa shape index (κ3) is 3.87. The number of carbonyl (C=O) groups is 1. The van der Waals surface area contributed by atoms with E-state index in [2.05, 4.69) is 10.6 Å². The van der Waals surface area contributed by atoms with Gasteiger partial charge in [0.25, 0.3) is 0 Å². The predicted molar refractivity (Wildman–Crippen MR) is 77.7 cm³/mol. The highest BCUT2D eigenvalue weighted by atomic mass is 35.5. The molecule has 1 aliphatic heterocycles. The number of nitrogens with one attached hydrogen (secondary N) is 2. The minimum absolute atomic E-state index is 0. The van der Waals surface area contributed by atoms with E-state index >= 15 is 0 Å². The molecule has 3 nitrogen and oxygen atoms in total. The van der Waals surface area contributed by atoms with E-state index in [1.54, 1.807) is 6.07 Å². The molecule has 1 fully saturated rings. The van der Waals surface area contributed by atoms with Crippen molar-refractivity contribution in [2.45, 2.75) is 19.8 Å². The highest BCUT2D eigenvalue weighted by Gasteiger charge is 2.21. The van der Waals surface area contributed by atoms with Crippen LogP contribution in [0.4, 0.5) is 5.69 Å². The van der Waals surface area contributed by atoms with Crippen molar-refractivity contribution in [3.05, 3.63) is 28.8 Å². The lowest BCUT2D eigenvalue weighted by molar-refractivity contribution is -0.120. The van der Waals surface area contributed by atoms with Gasteiger partial charge >= 0.3 is 0 Å². The summed E-state index contributed by atoms with van der Waals surface area (Å²) in [5.74, 6) is 0.253. The van der Waals surface area contributed by atoms with Crippen molar-refractivity contribution in [2.75, 3.05) is 18.4 Å². The summed E-state index contributed by atoms with van der Waals surface area (Å²) < 4.78 is 0. The number of amides is 1. The quantitative estimate of drug-likeness (QED) is 0.878. The Morgan fingerprint density at radius 3 is 2.67 bits per heavy atom. The third-order valence-electron chi connectivity index (χ3n) is 3.16. The number of aryl methyl sites for hydroxylation is 1. The molecule has 0 unspecified atom stereocenters. The zero-order valence-corrected chi connectivity index (χ0v) is 11.9. The number of anilines is 1. The lowest BCUT2D eigenvalue weighted by atomic mass is 9.97. The molecule has 2 N–H and O–H groups in total. The van der Waals surface area contributed by atoms with Gasteiger partial charge in [0.15, 0.2) is 0 Å². The van der Waals surface area contributed by atoms with Crippen LogP contribution in [0.3, 0.4) is 0 Å². The molecule has 1 aromatic carbocycles. The first-order chi connectivity index (χ1) is 8.16. The summed E-state index contributed by atoms with van der Waals surface area (Å²) in [6.07, 6.45) is 1.83. The van der Waals surface area contributed by atoms with Crippen LogP contribution in [0.25, 0.3) is 0 Å². The van der Waals surface area contributed by atoms with E-state index < -0.39 is 0 Å². The number of rotatable bonds is 2. The second-order valence-electron chi connectivity index (χ2n) is 4.47. The molecule has 0 saturated carbocycles. The highest BCUT2D eigenvalue weighted by molar-refractivity contribution is 6.30. The van der Waals surface area contributed by atoms with Gasteiger partial charge in [-0.25, -0.2) is 0 Å². The molecule has 0 aromatic heterocycles. The average Bonchev–Trinajstić information content (AvgIpc) is 2.34. The van der Waals surface area contributed by atoms with E-state index in [0.717, 1.165) is 37.2 Å². The van der Waals surface area contributed by atoms with Crippen LogP contribution in [-0.4, -0.2) is 19.0 Å². The SMILES string of the molecule is Cc1cc(Cl)ccc1NC(=O)C1CCNCC1.Cl. The van der Waals surface area contributed by atoms with Gasteiger partial charge in [-0.3, -0.25) is 4.79 Å². The van der Waals surface area contributed by atoms with E-state index in [0.29, 0.717) is 5.02 Å². The molecular weight excluding hydrogens is 271 g/mol. The van der Waals surface area contributed by atoms with Gasteiger partial charge in [-0.1, -0.05) is 11.6 Å². The number of halogens is 2. The lowest BCUT2D eigenvalue weighted by Gasteiger charge is -2.22. The Balaban J connectivity index is 0.00000162. The summed E-state index contributed by atoms with van der Waals surface area (Å²) in [5.41, 5.74) is 1.86. The van der Waals surface area contributed by atoms with E-state index in [9.17, 15) is 4.79 Å². The Morgan fingerprint density at radius 1 is 1.39 bits per heavy atom. The fraction of sp³-hybridized carbons (Fsp3) is 0.462. The minimum atomic E-state index is 0. The molecule has 1 aromatic rings. The first-order valence-electron chi connectivity index (χ1n) is 5.94. The normalized spacial score (nSPS) is 15.9. The smallest absolute Gasteiger partial charge is 0.227 e. The van der Waals surface area contributed by atoms with E-state index in [4.69, 9.17) is 11.6 Å². The maximum absolute atomic E-state index is 12.0. The van der Waals surface area contributed by atoms with E-state index in [1.807, 2.05) is 19.1 Å². The Labute approximate surface area is 119 Å². The van der Waals surface area contributed by atoms with Gasteiger partial charge in [0.05, 0.1) is 0 Å². The Morgan fingerprint density at radius 2 is 2.06 bits per heavy atom. The van der Waals surface area contributed by atoms with Gasteiger partial charge in [-0.05, 0) is 56.6 Å². The van der Waals surface area contributed by atoms with Gasteiger partial charge < -0.3 is 10.6 Å². The number of carbonyl (C=O) groups excluding carboxylic acids is 1. The van der Waals surface area contributed by atoms with Gasteiger partial charge in [-0.15, -0.1) is 12.4 Å². The van der Waals surface area contributed by atoms with Crippen molar-refractivity contribution >= 4 is 35.6 Å². The molecule has 0 aliphatic carbocycles. The molecule has 0 bridgehead atoms. The number of piperidine rings is 1. The molecule has 1 saturated heterocycles. The van der Waals surface area contributed by atoms with Crippen molar-refractivity contribution < 1.29 is 4.79 Å². The third-order valence-corrected chi connectivity index (χ3v) is 3.39. The van der Waals surface area contributed by atoms with Crippen LogP contribution in [0.5, 0.6) is 0 Å². The summed E-state index contributed by atoms with van der Waals surface area (Å²) in [6.45, 7) is 3.80. The summed E-state index contributed by atoms with van der Waals surface area (Å²) in [7, 11) is 0. The molecule has 18 heavy (non-hydrogen) atoms. The number of hydrogen-bond donors (Lipinski definition) is 2. The fourth-order valence-corrected chi connectivity index (χ4v) is 2.31. The Bertz CT molecular complexity index is 417. The van der Waals surface area contributed by atoms with Crippen molar-refractivity contribution in [3.63, 3.8) is 0 Å². The highest BCUT2D eigenvalue weighted by Crippen LogP contribution is 2.21. The predicted octanol–water partition coefficient (Wildman–Crippen LogP) is 3.01. The summed E-state index contributed by atoms with van der Waals surface area (Å²) in [4.78, 5) is 12.0.